The van der Waals surface area contributed by atoms with Gasteiger partial charge in [-0.3, -0.25) is 15.1 Å². The summed E-state index contributed by atoms with van der Waals surface area (Å²) in [6.45, 7) is 5.74. The van der Waals surface area contributed by atoms with E-state index in [1.165, 1.54) is 12.1 Å². The van der Waals surface area contributed by atoms with Gasteiger partial charge in [0.1, 0.15) is 11.4 Å². The molecule has 0 aliphatic carbocycles. The lowest BCUT2D eigenvalue weighted by atomic mass is 9.87. The first-order chi connectivity index (χ1) is 8.98. The molecule has 1 aliphatic heterocycles. The third-order valence-electron chi connectivity index (χ3n) is 3.19. The molecule has 1 saturated heterocycles. The Balaban J connectivity index is 2.42. The van der Waals surface area contributed by atoms with Gasteiger partial charge in [-0.1, -0.05) is 19.1 Å². The minimum atomic E-state index is -0.935. The summed E-state index contributed by atoms with van der Waals surface area (Å²) in [5.41, 5.74) is -0.322. The Labute approximate surface area is 112 Å². The van der Waals surface area contributed by atoms with Gasteiger partial charge in [0.25, 0.3) is 5.91 Å². The number of hydrogen-bond donors (Lipinski definition) is 2. The van der Waals surface area contributed by atoms with Crippen LogP contribution in [0.2, 0.25) is 0 Å². The molecule has 0 saturated carbocycles. The van der Waals surface area contributed by atoms with Crippen molar-refractivity contribution in [2.24, 2.45) is 4.99 Å². The molecule has 4 nitrogen and oxygen atoms in total. The third kappa shape index (κ3) is 2.45. The van der Waals surface area contributed by atoms with Gasteiger partial charge in [-0.2, -0.15) is 0 Å². The van der Waals surface area contributed by atoms with Crippen molar-refractivity contribution in [1.82, 2.24) is 10.6 Å². The molecule has 1 atom stereocenters. The summed E-state index contributed by atoms with van der Waals surface area (Å²) in [7, 11) is 0. The fourth-order valence-electron chi connectivity index (χ4n) is 2.24. The molecule has 1 heterocycles. The quantitative estimate of drug-likeness (QED) is 0.875. The van der Waals surface area contributed by atoms with Gasteiger partial charge < -0.3 is 5.32 Å². The topological polar surface area (TPSA) is 53.5 Å². The molecular weight excluding hydrogens is 245 g/mol. The summed E-state index contributed by atoms with van der Waals surface area (Å²) in [5, 5.41) is 5.82. The molecule has 1 amide bonds. The van der Waals surface area contributed by atoms with E-state index in [1.54, 1.807) is 12.1 Å². The van der Waals surface area contributed by atoms with E-state index in [-0.39, 0.29) is 17.8 Å². The van der Waals surface area contributed by atoms with Gasteiger partial charge in [0, 0.05) is 6.04 Å². The maximum absolute atomic E-state index is 13.4. The molecule has 1 aromatic carbocycles. The molecule has 1 aliphatic rings. The van der Waals surface area contributed by atoms with E-state index < -0.39 is 5.54 Å². The zero-order valence-corrected chi connectivity index (χ0v) is 11.3. The van der Waals surface area contributed by atoms with Crippen LogP contribution in [0, 0.1) is 5.82 Å². The number of guanidine groups is 1. The van der Waals surface area contributed by atoms with Crippen molar-refractivity contribution in [3.63, 3.8) is 0 Å². The zero-order chi connectivity index (χ0) is 14.0. The Kier molecular flexibility index (Phi) is 3.55. The molecule has 1 fully saturated rings. The normalized spacial score (nSPS) is 24.7. The first-order valence-electron chi connectivity index (χ1n) is 6.41. The Morgan fingerprint density at radius 2 is 2.16 bits per heavy atom. The molecule has 2 rings (SSSR count). The van der Waals surface area contributed by atoms with E-state index in [0.717, 1.165) is 0 Å². The summed E-state index contributed by atoms with van der Waals surface area (Å²) in [5.74, 6) is -0.0970. The van der Waals surface area contributed by atoms with E-state index in [0.29, 0.717) is 17.9 Å². The fraction of sp³-hybridized carbons (Fsp3) is 0.429. The van der Waals surface area contributed by atoms with Crippen LogP contribution >= 0.6 is 0 Å². The van der Waals surface area contributed by atoms with E-state index >= 15 is 0 Å². The van der Waals surface area contributed by atoms with Gasteiger partial charge in [-0.25, -0.2) is 4.39 Å². The van der Waals surface area contributed by atoms with Gasteiger partial charge in [-0.05, 0) is 38.0 Å². The number of halogens is 1. The van der Waals surface area contributed by atoms with Crippen LogP contribution in [0.4, 0.5) is 4.39 Å². The summed E-state index contributed by atoms with van der Waals surface area (Å²) in [6, 6.07) is 6.17. The van der Waals surface area contributed by atoms with Gasteiger partial charge in [0.05, 0.1) is 0 Å². The highest BCUT2D eigenvalue weighted by Crippen LogP contribution is 2.28. The summed E-state index contributed by atoms with van der Waals surface area (Å²) >= 11 is 0. The van der Waals surface area contributed by atoms with Crippen LogP contribution < -0.4 is 10.6 Å². The SMILES string of the molecule is CCC1(c2cccc(F)c2)NC(=NC(C)C)NC1=O. The zero-order valence-electron chi connectivity index (χ0n) is 11.3. The second-order valence-corrected chi connectivity index (χ2v) is 4.92. The van der Waals surface area contributed by atoms with Gasteiger partial charge >= 0.3 is 0 Å². The second kappa shape index (κ2) is 4.99. The maximum atomic E-state index is 13.4. The van der Waals surface area contributed by atoms with Crippen LogP contribution in [0.25, 0.3) is 0 Å². The molecule has 102 valence electrons. The lowest BCUT2D eigenvalue weighted by Crippen LogP contribution is -2.43. The minimum absolute atomic E-state index is 0.0722. The van der Waals surface area contributed by atoms with E-state index in [1.807, 2.05) is 20.8 Å². The lowest BCUT2D eigenvalue weighted by Gasteiger charge is -2.25. The number of amides is 1. The molecule has 1 unspecified atom stereocenters. The van der Waals surface area contributed by atoms with Crippen LogP contribution in [0.1, 0.15) is 32.8 Å². The fourth-order valence-corrected chi connectivity index (χ4v) is 2.24. The van der Waals surface area contributed by atoms with Crippen LogP contribution in [0.3, 0.4) is 0 Å². The van der Waals surface area contributed by atoms with Crippen LogP contribution in [0.15, 0.2) is 29.3 Å². The Bertz CT molecular complexity index is 527. The van der Waals surface area contributed by atoms with Crippen molar-refractivity contribution in [2.75, 3.05) is 0 Å². The largest absolute Gasteiger partial charge is 0.338 e. The van der Waals surface area contributed by atoms with Gasteiger partial charge in [0.2, 0.25) is 0 Å². The van der Waals surface area contributed by atoms with Gasteiger partial charge in [-0.15, -0.1) is 0 Å². The predicted octanol–water partition coefficient (Wildman–Crippen LogP) is 1.91. The van der Waals surface area contributed by atoms with Crippen molar-refractivity contribution in [3.05, 3.63) is 35.6 Å². The Morgan fingerprint density at radius 3 is 2.74 bits per heavy atom. The standard InChI is InChI=1S/C14H18FN3O/c1-4-14(10-6-5-7-11(15)8-10)12(19)17-13(18-14)16-9(2)3/h5-9H,4H2,1-3H3,(H2,16,17,18,19). The molecule has 0 radical (unpaired) electrons. The monoisotopic (exact) mass is 263 g/mol. The third-order valence-corrected chi connectivity index (χ3v) is 3.19. The number of rotatable bonds is 3. The van der Waals surface area contributed by atoms with E-state index in [4.69, 9.17) is 0 Å². The smallest absolute Gasteiger partial charge is 0.257 e. The molecule has 0 spiro atoms. The summed E-state index contributed by atoms with van der Waals surface area (Å²) in [6.07, 6.45) is 0.513. The van der Waals surface area contributed by atoms with Crippen molar-refractivity contribution in [1.29, 1.82) is 0 Å². The average molecular weight is 263 g/mol. The van der Waals surface area contributed by atoms with Crippen molar-refractivity contribution in [3.8, 4) is 0 Å². The predicted molar refractivity (Wildman–Crippen MR) is 72.2 cm³/mol. The van der Waals surface area contributed by atoms with Crippen LogP contribution in [-0.4, -0.2) is 17.9 Å². The number of aliphatic imine (C=N–C) groups is 1. The number of carbonyl (C=O) groups is 1. The highest BCUT2D eigenvalue weighted by Gasteiger charge is 2.45. The Morgan fingerprint density at radius 1 is 1.42 bits per heavy atom. The van der Waals surface area contributed by atoms with Crippen molar-refractivity contribution in [2.45, 2.75) is 38.8 Å². The number of benzene rings is 1. The minimum Gasteiger partial charge on any atom is -0.338 e. The maximum Gasteiger partial charge on any atom is 0.257 e. The van der Waals surface area contributed by atoms with E-state index in [9.17, 15) is 9.18 Å². The van der Waals surface area contributed by atoms with Crippen molar-refractivity contribution >= 4 is 11.9 Å². The molecule has 5 heteroatoms. The van der Waals surface area contributed by atoms with Gasteiger partial charge in [0.15, 0.2) is 5.96 Å². The molecular formula is C14H18FN3O. The summed E-state index contributed by atoms with van der Waals surface area (Å²) < 4.78 is 13.4. The number of hydrogen-bond acceptors (Lipinski definition) is 2. The molecule has 19 heavy (non-hydrogen) atoms. The molecule has 2 N–H and O–H groups in total. The molecule has 1 aromatic rings. The first-order valence-corrected chi connectivity index (χ1v) is 6.41. The second-order valence-electron chi connectivity index (χ2n) is 4.92. The van der Waals surface area contributed by atoms with Crippen LogP contribution in [0.5, 0.6) is 0 Å². The number of nitrogens with one attached hydrogen (secondary N) is 2. The molecule has 0 aromatic heterocycles. The van der Waals surface area contributed by atoms with E-state index in [2.05, 4.69) is 15.6 Å². The highest BCUT2D eigenvalue weighted by atomic mass is 19.1. The highest BCUT2D eigenvalue weighted by molar-refractivity contribution is 6.09. The summed E-state index contributed by atoms with van der Waals surface area (Å²) in [4.78, 5) is 16.6. The number of carbonyl (C=O) groups excluding carboxylic acids is 1. The Hall–Kier alpha value is -1.91. The molecule has 0 bridgehead atoms. The van der Waals surface area contributed by atoms with Crippen LogP contribution in [-0.2, 0) is 10.3 Å². The first kappa shape index (κ1) is 13.5. The number of nitrogens with zero attached hydrogens (tertiary/aromatic N) is 1. The van der Waals surface area contributed by atoms with Crippen molar-refractivity contribution < 1.29 is 9.18 Å². The lowest BCUT2D eigenvalue weighted by molar-refractivity contribution is -0.124. The average Bonchev–Trinajstić information content (AvgIpc) is 2.65.